The second-order valence-electron chi connectivity index (χ2n) is 2.55. The predicted octanol–water partition coefficient (Wildman–Crippen LogP) is 2.12. The molecule has 1 heteroatoms. The maximum Gasteiger partial charge on any atom is -0.00941 e. The normalized spacial score (nSPS) is 38.1. The fourth-order valence-corrected chi connectivity index (χ4v) is 3.06. The van der Waals surface area contributed by atoms with Gasteiger partial charge in [-0.2, -0.15) is 10.5 Å². The Balaban J connectivity index is 2.32. The Kier molecular flexibility index (Phi) is 2.12. The Hall–Kier alpha value is 0.220. The molecule has 1 rings (SSSR count). The van der Waals surface area contributed by atoms with E-state index >= 15 is 0 Å². The van der Waals surface area contributed by atoms with E-state index in [0.29, 0.717) is 10.5 Å². The minimum Gasteiger partial charge on any atom is -0.193 e. The maximum atomic E-state index is 4.06. The van der Waals surface area contributed by atoms with Crippen molar-refractivity contribution < 1.29 is 0 Å². The van der Waals surface area contributed by atoms with Crippen LogP contribution >= 0.6 is 10.5 Å². The summed E-state index contributed by atoms with van der Waals surface area (Å²) in [5, 5.41) is 0. The third kappa shape index (κ3) is 1.35. The second kappa shape index (κ2) is 2.67. The van der Waals surface area contributed by atoms with E-state index in [1.54, 1.807) is 0 Å². The van der Waals surface area contributed by atoms with E-state index in [-0.39, 0.29) is 0 Å². The van der Waals surface area contributed by atoms with Crippen LogP contribution in [0.25, 0.3) is 0 Å². The number of hydrogen-bond acceptors (Lipinski definition) is 0. The summed E-state index contributed by atoms with van der Waals surface area (Å²) in [6.45, 7) is 2.28. The van der Waals surface area contributed by atoms with Gasteiger partial charge in [0.1, 0.15) is 0 Å². The molecule has 2 atom stereocenters. The van der Waals surface area contributed by atoms with Gasteiger partial charge in [-0.1, -0.05) is 19.2 Å². The summed E-state index contributed by atoms with van der Waals surface area (Å²) < 4.78 is 0. The van der Waals surface area contributed by atoms with Gasteiger partial charge >= 0.3 is 0 Å². The van der Waals surface area contributed by atoms with Gasteiger partial charge in [0.15, 0.2) is 0 Å². The van der Waals surface area contributed by atoms with Crippen molar-refractivity contribution in [3.8, 4) is 0 Å². The second-order valence-corrected chi connectivity index (χ2v) is 4.51. The lowest BCUT2D eigenvalue weighted by Gasteiger charge is -1.99. The first kappa shape index (κ1) is 6.34. The number of hydrogen-bond donors (Lipinski definition) is 0. The summed E-state index contributed by atoms with van der Waals surface area (Å²) >= 11 is 0. The molecule has 1 heterocycles. The van der Waals surface area contributed by atoms with E-state index < -0.39 is 0 Å². The van der Waals surface area contributed by atoms with Gasteiger partial charge < -0.3 is 0 Å². The van der Waals surface area contributed by atoms with Crippen LogP contribution in [0.3, 0.4) is 0 Å². The van der Waals surface area contributed by atoms with Gasteiger partial charge in [-0.25, -0.2) is 0 Å². The first-order chi connectivity index (χ1) is 3.83. The minimum atomic E-state index is 0.547. The summed E-state index contributed by atoms with van der Waals surface area (Å²) in [7, 11) is 0.547. The van der Waals surface area contributed by atoms with E-state index in [2.05, 4.69) is 12.8 Å². The molecule has 8 heavy (non-hydrogen) atoms. The van der Waals surface area contributed by atoms with Gasteiger partial charge in [-0.3, -0.25) is 0 Å². The topological polar surface area (TPSA) is 0 Å². The van der Waals surface area contributed by atoms with Crippen molar-refractivity contribution in [1.29, 1.82) is 0 Å². The molecule has 1 aliphatic rings. The van der Waals surface area contributed by atoms with Crippen LogP contribution in [0.1, 0.15) is 19.8 Å². The van der Waals surface area contributed by atoms with Gasteiger partial charge in [0, 0.05) is 0 Å². The monoisotopic (exact) mass is 130 g/mol. The molecule has 1 fully saturated rings. The van der Waals surface area contributed by atoms with E-state index in [1.807, 2.05) is 0 Å². The highest BCUT2D eigenvalue weighted by Crippen LogP contribution is 2.29. The van der Waals surface area contributed by atoms with Crippen molar-refractivity contribution in [1.82, 2.24) is 0 Å². The van der Waals surface area contributed by atoms with E-state index in [9.17, 15) is 0 Å². The molecular formula is C7H14S. The zero-order valence-corrected chi connectivity index (χ0v) is 6.34. The molecule has 0 nitrogen and oxygen atoms in total. The van der Waals surface area contributed by atoms with Crippen LogP contribution in [-0.2, 0) is 0 Å². The van der Waals surface area contributed by atoms with Crippen molar-refractivity contribution in [2.75, 3.05) is 11.5 Å². The van der Waals surface area contributed by atoms with Gasteiger partial charge in [0.05, 0.1) is 0 Å². The Morgan fingerprint density at radius 3 is 2.75 bits per heavy atom. The summed E-state index contributed by atoms with van der Waals surface area (Å²) in [6, 6.07) is 0. The molecule has 1 aliphatic heterocycles. The lowest BCUT2D eigenvalue weighted by molar-refractivity contribution is 0.578. The average molecular weight is 130 g/mol. The number of rotatable bonds is 1. The Morgan fingerprint density at radius 1 is 1.75 bits per heavy atom. The molecular weight excluding hydrogens is 116 g/mol. The van der Waals surface area contributed by atoms with Crippen LogP contribution in [0.5, 0.6) is 0 Å². The zero-order chi connectivity index (χ0) is 5.98. The van der Waals surface area contributed by atoms with Gasteiger partial charge in [0.2, 0.25) is 0 Å². The van der Waals surface area contributed by atoms with Crippen LogP contribution in [-0.4, -0.2) is 17.4 Å². The molecule has 1 saturated heterocycles. The van der Waals surface area contributed by atoms with E-state index in [4.69, 9.17) is 0 Å². The molecule has 0 amide bonds. The molecule has 0 aromatic carbocycles. The lowest BCUT2D eigenvalue weighted by atomic mass is 10.1. The first-order valence-electron chi connectivity index (χ1n) is 3.30. The lowest BCUT2D eigenvalue weighted by Crippen LogP contribution is -1.92. The predicted molar refractivity (Wildman–Crippen MR) is 42.8 cm³/mol. The Bertz CT molecular complexity index is 96.6. The molecule has 0 aromatic heterocycles. The fourth-order valence-electron chi connectivity index (χ4n) is 1.16. The van der Waals surface area contributed by atoms with Crippen molar-refractivity contribution in [2.24, 2.45) is 5.92 Å². The molecule has 0 N–H and O–H groups in total. The van der Waals surface area contributed by atoms with Crippen LogP contribution < -0.4 is 0 Å². The fraction of sp³-hybridized carbons (Fsp3) is 0.857. The van der Waals surface area contributed by atoms with Crippen LogP contribution in [0, 0.1) is 5.92 Å². The third-order valence-electron chi connectivity index (χ3n) is 1.86. The third-order valence-corrected chi connectivity index (χ3v) is 3.62. The van der Waals surface area contributed by atoms with Crippen LogP contribution in [0.15, 0.2) is 0 Å². The van der Waals surface area contributed by atoms with Crippen molar-refractivity contribution in [2.45, 2.75) is 19.8 Å². The van der Waals surface area contributed by atoms with Crippen molar-refractivity contribution in [3.05, 3.63) is 0 Å². The van der Waals surface area contributed by atoms with Crippen molar-refractivity contribution >= 4 is 16.4 Å². The Morgan fingerprint density at radius 2 is 2.50 bits per heavy atom. The molecule has 0 radical (unpaired) electrons. The van der Waals surface area contributed by atoms with E-state index in [0.717, 1.165) is 5.92 Å². The smallest absolute Gasteiger partial charge is 0.00941 e. The molecule has 0 saturated carbocycles. The Labute approximate surface area is 54.2 Å². The molecule has 0 aliphatic carbocycles. The molecule has 48 valence electrons. The van der Waals surface area contributed by atoms with Gasteiger partial charge in [-0.05, 0) is 23.8 Å². The molecule has 0 aromatic rings. The largest absolute Gasteiger partial charge is 0.193 e. The van der Waals surface area contributed by atoms with E-state index in [1.165, 1.54) is 24.3 Å². The van der Waals surface area contributed by atoms with Gasteiger partial charge in [-0.15, -0.1) is 0 Å². The quantitative estimate of drug-likeness (QED) is 0.477. The zero-order valence-electron chi connectivity index (χ0n) is 5.52. The minimum absolute atomic E-state index is 0.547. The van der Waals surface area contributed by atoms with Crippen molar-refractivity contribution in [3.63, 3.8) is 0 Å². The molecule has 0 bridgehead atoms. The standard InChI is InChI=1S/C7H14S/c1-3-7-4-5-8(2)6-7/h7H,2-6H2,1H3. The highest BCUT2D eigenvalue weighted by Gasteiger charge is 2.13. The molecule has 2 unspecified atom stereocenters. The summed E-state index contributed by atoms with van der Waals surface area (Å²) in [6.07, 6.45) is 2.82. The summed E-state index contributed by atoms with van der Waals surface area (Å²) in [5.41, 5.74) is 0. The average Bonchev–Trinajstić information content (AvgIpc) is 2.14. The summed E-state index contributed by atoms with van der Waals surface area (Å²) in [5.74, 6) is 7.90. The maximum absolute atomic E-state index is 4.06. The first-order valence-corrected chi connectivity index (χ1v) is 5.03. The van der Waals surface area contributed by atoms with Gasteiger partial charge in [0.25, 0.3) is 0 Å². The summed E-state index contributed by atoms with van der Waals surface area (Å²) in [4.78, 5) is 0. The molecule has 0 spiro atoms. The highest BCUT2D eigenvalue weighted by atomic mass is 32.2. The SMILES string of the molecule is C=S1CCC(CC)C1. The highest BCUT2D eigenvalue weighted by molar-refractivity contribution is 8.14. The van der Waals surface area contributed by atoms with Crippen LogP contribution in [0.4, 0.5) is 0 Å². The van der Waals surface area contributed by atoms with Crippen LogP contribution in [0.2, 0.25) is 0 Å².